The Morgan fingerprint density at radius 2 is 1.81 bits per heavy atom. The van der Waals surface area contributed by atoms with Gasteiger partial charge < -0.3 is 9.64 Å². The highest BCUT2D eigenvalue weighted by atomic mass is 79.9. The summed E-state index contributed by atoms with van der Waals surface area (Å²) in [5.74, 6) is -0.0113. The van der Waals surface area contributed by atoms with Crippen LogP contribution in [0.3, 0.4) is 0 Å². The number of rotatable bonds is 7. The van der Waals surface area contributed by atoms with Crippen LogP contribution in [0, 0.1) is 0 Å². The van der Waals surface area contributed by atoms with Crippen molar-refractivity contribution >= 4 is 37.5 Å². The van der Waals surface area contributed by atoms with Gasteiger partial charge in [-0.15, -0.1) is 0 Å². The van der Waals surface area contributed by atoms with Gasteiger partial charge in [-0.3, -0.25) is 9.52 Å². The van der Waals surface area contributed by atoms with E-state index in [0.717, 1.165) is 0 Å². The Hall–Kier alpha value is -2.06. The molecule has 0 saturated carbocycles. The number of methoxy groups -OCH3 is 1. The maximum Gasteiger partial charge on any atom is 0.265 e. The van der Waals surface area contributed by atoms with Crippen molar-refractivity contribution in [2.75, 3.05) is 24.9 Å². The van der Waals surface area contributed by atoms with Crippen molar-refractivity contribution in [3.63, 3.8) is 0 Å². The van der Waals surface area contributed by atoms with Crippen molar-refractivity contribution in [2.45, 2.75) is 18.7 Å². The van der Waals surface area contributed by atoms with Crippen molar-refractivity contribution in [1.29, 1.82) is 0 Å². The second-order valence-corrected chi connectivity index (χ2v) is 7.99. The van der Waals surface area contributed by atoms with E-state index >= 15 is 0 Å². The lowest BCUT2D eigenvalue weighted by molar-refractivity contribution is 0.0774. The number of carbonyl (C=O) groups excluding carboxylic acids is 1. The lowest BCUT2D eigenvalue weighted by atomic mass is 10.1. The van der Waals surface area contributed by atoms with Gasteiger partial charge in [0, 0.05) is 17.6 Å². The number of amides is 1. The lowest BCUT2D eigenvalue weighted by Crippen LogP contribution is -2.31. The van der Waals surface area contributed by atoms with E-state index < -0.39 is 10.0 Å². The van der Waals surface area contributed by atoms with E-state index in [0.29, 0.717) is 23.1 Å². The van der Waals surface area contributed by atoms with Crippen LogP contribution < -0.4 is 9.46 Å². The maximum absolute atomic E-state index is 12.9. The van der Waals surface area contributed by atoms with E-state index in [4.69, 9.17) is 4.74 Å². The molecule has 0 aromatic heterocycles. The van der Waals surface area contributed by atoms with E-state index in [1.54, 1.807) is 41.3 Å². The van der Waals surface area contributed by atoms with Crippen molar-refractivity contribution in [3.05, 3.63) is 52.5 Å². The first-order valence-electron chi connectivity index (χ1n) is 8.08. The second-order valence-electron chi connectivity index (χ2n) is 5.42. The molecule has 0 aliphatic heterocycles. The molecule has 8 heteroatoms. The molecule has 2 aromatic rings. The largest absolute Gasteiger partial charge is 0.495 e. The Kier molecular flexibility index (Phi) is 6.66. The van der Waals surface area contributed by atoms with Gasteiger partial charge in [-0.2, -0.15) is 0 Å². The molecule has 0 saturated heterocycles. The fourth-order valence-corrected chi connectivity index (χ4v) is 4.29. The molecule has 0 heterocycles. The number of halogens is 1. The van der Waals surface area contributed by atoms with Gasteiger partial charge >= 0.3 is 0 Å². The fourth-order valence-electron chi connectivity index (χ4n) is 2.50. The number of anilines is 1. The maximum atomic E-state index is 12.9. The van der Waals surface area contributed by atoms with Crippen LogP contribution in [0.5, 0.6) is 5.75 Å². The summed E-state index contributed by atoms with van der Waals surface area (Å²) in [7, 11) is -2.55. The van der Waals surface area contributed by atoms with Gasteiger partial charge in [-0.1, -0.05) is 28.1 Å². The average Bonchev–Trinajstić information content (AvgIpc) is 2.62. The molecular formula is C18H21BrN2O4S. The minimum absolute atomic E-state index is 0.0144. The first-order chi connectivity index (χ1) is 12.3. The fraction of sp³-hybridized carbons (Fsp3) is 0.278. The van der Waals surface area contributed by atoms with Gasteiger partial charge in [0.25, 0.3) is 15.9 Å². The van der Waals surface area contributed by atoms with Crippen LogP contribution in [0.4, 0.5) is 5.69 Å². The van der Waals surface area contributed by atoms with Gasteiger partial charge in [-0.25, -0.2) is 8.42 Å². The topological polar surface area (TPSA) is 75.7 Å². The standard InChI is InChI=1S/C18H21BrN2O4S/c1-4-21(5-2)18(22)14-8-6-7-9-15(14)20-26(23,24)17-12-13(19)10-11-16(17)25-3/h6-12,20H,4-5H2,1-3H3. The highest BCUT2D eigenvalue weighted by molar-refractivity contribution is 9.10. The number of hydrogen-bond donors (Lipinski definition) is 1. The normalized spacial score (nSPS) is 11.1. The number of hydrogen-bond acceptors (Lipinski definition) is 4. The third kappa shape index (κ3) is 4.37. The minimum Gasteiger partial charge on any atom is -0.495 e. The van der Waals surface area contributed by atoms with E-state index in [1.165, 1.54) is 13.2 Å². The molecule has 6 nitrogen and oxygen atoms in total. The average molecular weight is 441 g/mol. The first kappa shape index (κ1) is 20.3. The summed E-state index contributed by atoms with van der Waals surface area (Å²) in [4.78, 5) is 14.3. The zero-order valence-electron chi connectivity index (χ0n) is 14.8. The Labute approximate surface area is 162 Å². The molecule has 1 N–H and O–H groups in total. The molecule has 0 bridgehead atoms. The molecule has 0 aliphatic carbocycles. The monoisotopic (exact) mass is 440 g/mol. The molecule has 0 radical (unpaired) electrons. The summed E-state index contributed by atoms with van der Waals surface area (Å²) < 4.78 is 34.0. The predicted molar refractivity (Wildman–Crippen MR) is 105 cm³/mol. The summed E-state index contributed by atoms with van der Waals surface area (Å²) in [5.41, 5.74) is 0.528. The minimum atomic E-state index is -3.95. The molecule has 2 aromatic carbocycles. The Bertz CT molecular complexity index is 896. The van der Waals surface area contributed by atoms with E-state index in [1.807, 2.05) is 13.8 Å². The van der Waals surface area contributed by atoms with Crippen LogP contribution in [0.25, 0.3) is 0 Å². The molecular weight excluding hydrogens is 420 g/mol. The number of para-hydroxylation sites is 1. The highest BCUT2D eigenvalue weighted by Crippen LogP contribution is 2.30. The smallest absolute Gasteiger partial charge is 0.265 e. The molecule has 1 amide bonds. The molecule has 2 rings (SSSR count). The van der Waals surface area contributed by atoms with Crippen LogP contribution >= 0.6 is 15.9 Å². The zero-order chi connectivity index (χ0) is 19.3. The van der Waals surface area contributed by atoms with E-state index in [9.17, 15) is 13.2 Å². The Balaban J connectivity index is 2.46. The molecule has 26 heavy (non-hydrogen) atoms. The number of sulfonamides is 1. The summed E-state index contributed by atoms with van der Waals surface area (Å²) in [6, 6.07) is 11.3. The van der Waals surface area contributed by atoms with Crippen molar-refractivity contribution in [2.24, 2.45) is 0 Å². The highest BCUT2D eigenvalue weighted by Gasteiger charge is 2.23. The third-order valence-electron chi connectivity index (χ3n) is 3.87. The summed E-state index contributed by atoms with van der Waals surface area (Å²) in [6.45, 7) is 4.83. The molecule has 0 atom stereocenters. The molecule has 0 aliphatic rings. The number of nitrogens with one attached hydrogen (secondary N) is 1. The first-order valence-corrected chi connectivity index (χ1v) is 10.4. The van der Waals surface area contributed by atoms with Crippen LogP contribution in [0.2, 0.25) is 0 Å². The molecule has 0 fully saturated rings. The number of ether oxygens (including phenoxy) is 1. The van der Waals surface area contributed by atoms with E-state index in [2.05, 4.69) is 20.7 Å². The van der Waals surface area contributed by atoms with Gasteiger partial charge in [-0.05, 0) is 44.2 Å². The van der Waals surface area contributed by atoms with Crippen molar-refractivity contribution in [1.82, 2.24) is 4.90 Å². The molecule has 140 valence electrons. The van der Waals surface area contributed by atoms with Crippen LogP contribution in [0.1, 0.15) is 24.2 Å². The number of nitrogens with zero attached hydrogens (tertiary/aromatic N) is 1. The molecule has 0 spiro atoms. The van der Waals surface area contributed by atoms with Crippen LogP contribution in [0.15, 0.2) is 51.8 Å². The quantitative estimate of drug-likeness (QED) is 0.711. The summed E-state index contributed by atoms with van der Waals surface area (Å²) in [6.07, 6.45) is 0. The lowest BCUT2D eigenvalue weighted by Gasteiger charge is -2.21. The Morgan fingerprint density at radius 1 is 1.15 bits per heavy atom. The van der Waals surface area contributed by atoms with Gasteiger partial charge in [0.05, 0.1) is 18.4 Å². The second kappa shape index (κ2) is 8.55. The number of carbonyl (C=O) groups is 1. The Morgan fingerprint density at radius 3 is 2.42 bits per heavy atom. The SMILES string of the molecule is CCN(CC)C(=O)c1ccccc1NS(=O)(=O)c1cc(Br)ccc1OC. The molecule has 0 unspecified atom stereocenters. The van der Waals surface area contributed by atoms with Crippen LogP contribution in [-0.2, 0) is 10.0 Å². The van der Waals surface area contributed by atoms with Crippen molar-refractivity contribution < 1.29 is 17.9 Å². The third-order valence-corrected chi connectivity index (χ3v) is 5.75. The van der Waals surface area contributed by atoms with E-state index in [-0.39, 0.29) is 22.2 Å². The summed E-state index contributed by atoms with van der Waals surface area (Å²) >= 11 is 3.27. The zero-order valence-corrected chi connectivity index (χ0v) is 17.2. The number of benzene rings is 2. The summed E-state index contributed by atoms with van der Waals surface area (Å²) in [5, 5.41) is 0. The van der Waals surface area contributed by atoms with Gasteiger partial charge in [0.1, 0.15) is 10.6 Å². The van der Waals surface area contributed by atoms with Gasteiger partial charge in [0.15, 0.2) is 0 Å². The predicted octanol–water partition coefficient (Wildman–Crippen LogP) is 3.74. The van der Waals surface area contributed by atoms with Gasteiger partial charge in [0.2, 0.25) is 0 Å². The van der Waals surface area contributed by atoms with Crippen LogP contribution in [-0.4, -0.2) is 39.4 Å². The van der Waals surface area contributed by atoms with Crippen molar-refractivity contribution in [3.8, 4) is 5.75 Å².